The van der Waals surface area contributed by atoms with E-state index < -0.39 is 0 Å². The van der Waals surface area contributed by atoms with Gasteiger partial charge >= 0.3 is 48.9 Å². The summed E-state index contributed by atoms with van der Waals surface area (Å²) < 4.78 is 0. The van der Waals surface area contributed by atoms with Crippen LogP contribution in [0.1, 0.15) is 0 Å². The van der Waals surface area contributed by atoms with Crippen LogP contribution in [0.3, 0.4) is 0 Å². The molecule has 0 spiro atoms. The Morgan fingerprint density at radius 2 is 1.00 bits per heavy atom. The fourth-order valence-electron chi connectivity index (χ4n) is 0. The van der Waals surface area contributed by atoms with Crippen molar-refractivity contribution in [3.8, 4) is 0 Å². The van der Waals surface area contributed by atoms with Gasteiger partial charge in [-0.3, -0.25) is 0 Å². The van der Waals surface area contributed by atoms with Gasteiger partial charge in [0.2, 0.25) is 0 Å². The van der Waals surface area contributed by atoms with Crippen molar-refractivity contribution in [1.29, 1.82) is 0 Å². The Morgan fingerprint density at radius 3 is 1.00 bits per heavy atom. The fraction of sp³-hybridized carbons (Fsp3) is 0. The Hall–Kier alpha value is 2.71. The van der Waals surface area contributed by atoms with Crippen LogP contribution in [0.15, 0.2) is 0 Å². The average molecular weight is 407 g/mol. The zero-order valence-corrected chi connectivity index (χ0v) is 4.84. The summed E-state index contributed by atoms with van der Waals surface area (Å²) in [6.07, 6.45) is 0. The molecule has 0 atom stereocenters. The van der Waals surface area contributed by atoms with Gasteiger partial charge in [-0.25, -0.2) is 0 Å². The molecule has 0 aromatic carbocycles. The predicted octanol–water partition coefficient (Wildman–Crippen LogP) is -1.75. The molecule has 0 aromatic rings. The quantitative estimate of drug-likeness (QED) is 0.427. The molecule has 0 heterocycles. The van der Waals surface area contributed by atoms with Gasteiger partial charge in [0, 0.05) is 37.5 Å². The van der Waals surface area contributed by atoms with E-state index in [2.05, 4.69) is 0 Å². The van der Waals surface area contributed by atoms with E-state index >= 15 is 0 Å². The molecule has 4 heavy (non-hydrogen) atoms. The minimum Gasteiger partial charge on any atom is 0 e. The molecular formula is H4BaCuORe. The molecule has 0 aliphatic carbocycles. The van der Waals surface area contributed by atoms with Crippen molar-refractivity contribution in [1.82, 2.24) is 0 Å². The van der Waals surface area contributed by atoms with Gasteiger partial charge in [-0.15, -0.1) is 0 Å². The molecule has 0 saturated carbocycles. The zero-order chi connectivity index (χ0) is 0. The minimum atomic E-state index is 0. The SMILES string of the molecule is O.[BaH2].[Cu].[Re]. The van der Waals surface area contributed by atoms with E-state index in [1.807, 2.05) is 0 Å². The summed E-state index contributed by atoms with van der Waals surface area (Å²) in [6.45, 7) is 0. The first-order chi connectivity index (χ1) is 0. The van der Waals surface area contributed by atoms with Gasteiger partial charge in [0.15, 0.2) is 0 Å². The van der Waals surface area contributed by atoms with E-state index in [1.165, 1.54) is 0 Å². The fourth-order valence-corrected chi connectivity index (χ4v) is 0. The summed E-state index contributed by atoms with van der Waals surface area (Å²) in [5.41, 5.74) is 0. The summed E-state index contributed by atoms with van der Waals surface area (Å²) in [4.78, 5) is 0. The molecule has 0 rings (SSSR count). The summed E-state index contributed by atoms with van der Waals surface area (Å²) in [6, 6.07) is 0. The average Bonchev–Trinajstić information content (AvgIpc) is 0. The molecule has 1 nitrogen and oxygen atoms in total. The van der Waals surface area contributed by atoms with Crippen molar-refractivity contribution in [2.45, 2.75) is 0 Å². The Balaban J connectivity index is 0. The summed E-state index contributed by atoms with van der Waals surface area (Å²) in [5, 5.41) is 0. The van der Waals surface area contributed by atoms with Crippen molar-refractivity contribution in [3.05, 3.63) is 0 Å². The van der Waals surface area contributed by atoms with E-state index in [9.17, 15) is 0 Å². The first-order valence-electron chi connectivity index (χ1n) is 0. The van der Waals surface area contributed by atoms with Crippen LogP contribution in [0.25, 0.3) is 0 Å². The maximum atomic E-state index is 0. The van der Waals surface area contributed by atoms with Gasteiger partial charge in [-0.05, 0) is 0 Å². The van der Waals surface area contributed by atoms with Gasteiger partial charge in [0.25, 0.3) is 0 Å². The number of rotatable bonds is 0. The molecular weight excluding hydrogens is 403 g/mol. The second-order valence-electron chi connectivity index (χ2n) is 0. The third-order valence-corrected chi connectivity index (χ3v) is 0. The Kier molecular flexibility index (Phi) is 128. The molecule has 0 saturated heterocycles. The molecule has 0 aromatic heterocycles. The normalized spacial score (nSPS) is 0. The van der Waals surface area contributed by atoms with Gasteiger partial charge in [-0.2, -0.15) is 0 Å². The summed E-state index contributed by atoms with van der Waals surface area (Å²) in [5.74, 6) is 0. The molecule has 0 aliphatic heterocycles. The van der Waals surface area contributed by atoms with Crippen LogP contribution in [0.2, 0.25) is 0 Å². The zero-order valence-electron chi connectivity index (χ0n) is 1.18. The summed E-state index contributed by atoms with van der Waals surface area (Å²) in [7, 11) is 0. The van der Waals surface area contributed by atoms with Crippen LogP contribution < -0.4 is 0 Å². The van der Waals surface area contributed by atoms with Gasteiger partial charge in [-0.1, -0.05) is 0 Å². The Morgan fingerprint density at radius 1 is 1.00 bits per heavy atom. The van der Waals surface area contributed by atoms with Crippen LogP contribution in [0.4, 0.5) is 0 Å². The van der Waals surface area contributed by atoms with Gasteiger partial charge in [0.1, 0.15) is 0 Å². The molecule has 0 bridgehead atoms. The molecule has 0 amide bonds. The number of hydrogen-bond donors (Lipinski definition) is 0. The van der Waals surface area contributed by atoms with E-state index in [4.69, 9.17) is 0 Å². The van der Waals surface area contributed by atoms with E-state index in [0.29, 0.717) is 0 Å². The second kappa shape index (κ2) is 17.2. The molecule has 0 aliphatic rings. The van der Waals surface area contributed by atoms with Gasteiger partial charge < -0.3 is 5.48 Å². The maximum absolute atomic E-state index is 0. The van der Waals surface area contributed by atoms with E-state index in [0.717, 1.165) is 0 Å². The molecule has 30 valence electrons. The van der Waals surface area contributed by atoms with Crippen LogP contribution in [-0.2, 0) is 37.5 Å². The molecule has 2 radical (unpaired) electrons. The van der Waals surface area contributed by atoms with Crippen LogP contribution in [-0.4, -0.2) is 54.4 Å². The predicted molar refractivity (Wildman–Crippen MR) is 12.2 cm³/mol. The van der Waals surface area contributed by atoms with Crippen molar-refractivity contribution >= 4 is 48.9 Å². The molecule has 0 fully saturated rings. The number of hydrogen-bond acceptors (Lipinski definition) is 0. The van der Waals surface area contributed by atoms with Crippen LogP contribution in [0, 0.1) is 0 Å². The van der Waals surface area contributed by atoms with Crippen molar-refractivity contribution in [2.24, 2.45) is 0 Å². The first kappa shape index (κ1) is 29.8. The topological polar surface area (TPSA) is 31.5 Å². The largest absolute Gasteiger partial charge is 0 e. The van der Waals surface area contributed by atoms with Crippen molar-refractivity contribution in [3.63, 3.8) is 0 Å². The van der Waals surface area contributed by atoms with E-state index in [-0.39, 0.29) is 91.8 Å². The molecule has 4 heteroatoms. The third kappa shape index (κ3) is 8.83. The first-order valence-corrected chi connectivity index (χ1v) is 0. The summed E-state index contributed by atoms with van der Waals surface area (Å²) >= 11 is 0. The van der Waals surface area contributed by atoms with Crippen molar-refractivity contribution < 1.29 is 43.0 Å². The standard InChI is InChI=1S/Ba.Cu.H2O.Re.2H/h;;1H2;;;. The Labute approximate surface area is 89.8 Å². The van der Waals surface area contributed by atoms with E-state index in [1.54, 1.807) is 0 Å². The second-order valence-corrected chi connectivity index (χ2v) is 0. The molecule has 2 N–H and O–H groups in total. The van der Waals surface area contributed by atoms with Crippen LogP contribution in [0.5, 0.6) is 0 Å². The Bertz CT molecular complexity index is 8.00. The third-order valence-electron chi connectivity index (χ3n) is 0. The maximum Gasteiger partial charge on any atom is 0 e. The van der Waals surface area contributed by atoms with Crippen LogP contribution >= 0.6 is 0 Å². The minimum absolute atomic E-state index is 0. The van der Waals surface area contributed by atoms with Gasteiger partial charge in [0.05, 0.1) is 0 Å². The smallest absolute Gasteiger partial charge is 0 e. The van der Waals surface area contributed by atoms with Crippen molar-refractivity contribution in [2.75, 3.05) is 0 Å². The molecule has 0 unspecified atom stereocenters. The monoisotopic (exact) mass is 408 g/mol.